The van der Waals surface area contributed by atoms with Crippen molar-refractivity contribution >= 4 is 5.91 Å². The Morgan fingerprint density at radius 2 is 2.30 bits per heavy atom. The van der Waals surface area contributed by atoms with Crippen LogP contribution in [0, 0.1) is 5.41 Å². The summed E-state index contributed by atoms with van der Waals surface area (Å²) in [4.78, 5) is 14.7. The molecule has 23 heavy (non-hydrogen) atoms. The minimum absolute atomic E-state index is 0.0314. The quantitative estimate of drug-likeness (QED) is 0.821. The standard InChI is InChI=1S/C19H27NO3/c1-4-7-15-12-16(8-9-17(15)23-3)18(22)20-11-6-10-19(5-2,13-20)14-21/h4,8-9,12,21H,1,5-7,10-11,13-14H2,2-3H3/t19-/m1/s1. The van der Waals surface area contributed by atoms with E-state index in [4.69, 9.17) is 4.74 Å². The first-order valence-corrected chi connectivity index (χ1v) is 8.27. The zero-order valence-corrected chi connectivity index (χ0v) is 14.2. The second kappa shape index (κ2) is 7.64. The van der Waals surface area contributed by atoms with E-state index in [1.54, 1.807) is 13.2 Å². The molecule has 1 heterocycles. The van der Waals surface area contributed by atoms with Gasteiger partial charge in [-0.05, 0) is 49.4 Å². The number of aliphatic hydroxyl groups excluding tert-OH is 1. The summed E-state index contributed by atoms with van der Waals surface area (Å²) in [5.74, 6) is 0.808. The average molecular weight is 317 g/mol. The number of piperidine rings is 1. The highest BCUT2D eigenvalue weighted by molar-refractivity contribution is 5.94. The van der Waals surface area contributed by atoms with Crippen LogP contribution in [0.5, 0.6) is 5.75 Å². The number of hydrogen-bond acceptors (Lipinski definition) is 3. The molecule has 0 spiro atoms. The van der Waals surface area contributed by atoms with Crippen LogP contribution in [0.4, 0.5) is 0 Å². The van der Waals surface area contributed by atoms with Crippen molar-refractivity contribution in [1.29, 1.82) is 0 Å². The number of amides is 1. The molecular formula is C19H27NO3. The maximum absolute atomic E-state index is 12.9. The van der Waals surface area contributed by atoms with E-state index in [1.165, 1.54) is 0 Å². The van der Waals surface area contributed by atoms with Crippen LogP contribution in [0.2, 0.25) is 0 Å². The van der Waals surface area contributed by atoms with Crippen molar-refractivity contribution in [3.05, 3.63) is 42.0 Å². The van der Waals surface area contributed by atoms with Crippen molar-refractivity contribution in [2.75, 3.05) is 26.8 Å². The van der Waals surface area contributed by atoms with Gasteiger partial charge in [-0.25, -0.2) is 0 Å². The van der Waals surface area contributed by atoms with Crippen LogP contribution in [-0.2, 0) is 6.42 Å². The molecule has 1 saturated heterocycles. The van der Waals surface area contributed by atoms with Crippen molar-refractivity contribution in [3.63, 3.8) is 0 Å². The number of methoxy groups -OCH3 is 1. The lowest BCUT2D eigenvalue weighted by molar-refractivity contribution is 0.0251. The van der Waals surface area contributed by atoms with Gasteiger partial charge in [0.15, 0.2) is 0 Å². The lowest BCUT2D eigenvalue weighted by Crippen LogP contribution is -2.47. The Morgan fingerprint density at radius 3 is 2.91 bits per heavy atom. The van der Waals surface area contributed by atoms with E-state index in [-0.39, 0.29) is 17.9 Å². The molecule has 0 bridgehead atoms. The van der Waals surface area contributed by atoms with Crippen molar-refractivity contribution < 1.29 is 14.6 Å². The molecule has 1 fully saturated rings. The molecule has 126 valence electrons. The van der Waals surface area contributed by atoms with Crippen molar-refractivity contribution in [1.82, 2.24) is 4.90 Å². The third-order valence-corrected chi connectivity index (χ3v) is 4.93. The molecule has 4 nitrogen and oxygen atoms in total. The number of hydrogen-bond donors (Lipinski definition) is 1. The lowest BCUT2D eigenvalue weighted by Gasteiger charge is -2.41. The topological polar surface area (TPSA) is 49.8 Å². The molecule has 0 aromatic heterocycles. The van der Waals surface area contributed by atoms with Crippen LogP contribution < -0.4 is 4.74 Å². The number of carbonyl (C=O) groups excluding carboxylic acids is 1. The first kappa shape index (κ1) is 17.5. The third-order valence-electron chi connectivity index (χ3n) is 4.93. The Balaban J connectivity index is 2.22. The lowest BCUT2D eigenvalue weighted by atomic mass is 9.78. The summed E-state index contributed by atoms with van der Waals surface area (Å²) in [5, 5.41) is 9.73. The normalized spacial score (nSPS) is 21.1. The summed E-state index contributed by atoms with van der Waals surface area (Å²) in [6.45, 7) is 7.36. The number of rotatable bonds is 6. The number of likely N-dealkylation sites (tertiary alicyclic amines) is 1. The molecule has 2 rings (SSSR count). The van der Waals surface area contributed by atoms with Crippen molar-refractivity contribution in [2.45, 2.75) is 32.6 Å². The molecule has 1 aromatic rings. The zero-order chi connectivity index (χ0) is 16.9. The second-order valence-corrected chi connectivity index (χ2v) is 6.36. The highest BCUT2D eigenvalue weighted by Gasteiger charge is 2.35. The Morgan fingerprint density at radius 1 is 1.52 bits per heavy atom. The fourth-order valence-electron chi connectivity index (χ4n) is 3.32. The summed E-state index contributed by atoms with van der Waals surface area (Å²) >= 11 is 0. The molecule has 0 unspecified atom stereocenters. The van der Waals surface area contributed by atoms with E-state index in [0.29, 0.717) is 18.5 Å². The average Bonchev–Trinajstić information content (AvgIpc) is 2.61. The molecule has 1 aromatic carbocycles. The van der Waals surface area contributed by atoms with Gasteiger partial charge in [0.2, 0.25) is 0 Å². The van der Waals surface area contributed by atoms with Crippen LogP contribution in [0.15, 0.2) is 30.9 Å². The largest absolute Gasteiger partial charge is 0.496 e. The number of nitrogens with zero attached hydrogens (tertiary/aromatic N) is 1. The number of ether oxygens (including phenoxy) is 1. The molecule has 4 heteroatoms. The highest BCUT2D eigenvalue weighted by atomic mass is 16.5. The molecule has 1 atom stereocenters. The fraction of sp³-hybridized carbons (Fsp3) is 0.526. The predicted octanol–water partition coefficient (Wildman–Crippen LogP) is 3.05. The predicted molar refractivity (Wildman–Crippen MR) is 91.8 cm³/mol. The van der Waals surface area contributed by atoms with Gasteiger partial charge in [-0.1, -0.05) is 13.0 Å². The first-order valence-electron chi connectivity index (χ1n) is 8.27. The van der Waals surface area contributed by atoms with Gasteiger partial charge < -0.3 is 14.7 Å². The summed E-state index contributed by atoms with van der Waals surface area (Å²) in [6.07, 6.45) is 5.28. The molecule has 1 aliphatic heterocycles. The number of aliphatic hydroxyl groups is 1. The Bertz CT molecular complexity index is 564. The van der Waals surface area contributed by atoms with E-state index in [2.05, 4.69) is 13.5 Å². The Kier molecular flexibility index (Phi) is 5.83. The maximum atomic E-state index is 12.9. The van der Waals surface area contributed by atoms with Crippen LogP contribution in [0.3, 0.4) is 0 Å². The van der Waals surface area contributed by atoms with Gasteiger partial charge in [0.1, 0.15) is 5.75 Å². The SMILES string of the molecule is C=CCc1cc(C(=O)N2CCC[C@@](CC)(CO)C2)ccc1OC. The van der Waals surface area contributed by atoms with Gasteiger partial charge in [0.05, 0.1) is 13.7 Å². The number of carbonyl (C=O) groups is 1. The van der Waals surface area contributed by atoms with Gasteiger partial charge in [-0.2, -0.15) is 0 Å². The van der Waals surface area contributed by atoms with Crippen LogP contribution in [0.25, 0.3) is 0 Å². The minimum Gasteiger partial charge on any atom is -0.496 e. The zero-order valence-electron chi connectivity index (χ0n) is 14.2. The second-order valence-electron chi connectivity index (χ2n) is 6.36. The molecule has 0 saturated carbocycles. The molecule has 1 aliphatic rings. The summed E-state index contributed by atoms with van der Waals surface area (Å²) in [6, 6.07) is 5.55. The highest BCUT2D eigenvalue weighted by Crippen LogP contribution is 2.33. The molecule has 1 amide bonds. The minimum atomic E-state index is -0.148. The van der Waals surface area contributed by atoms with E-state index >= 15 is 0 Å². The number of benzene rings is 1. The Hall–Kier alpha value is -1.81. The summed E-state index contributed by atoms with van der Waals surface area (Å²) in [7, 11) is 1.63. The molecular weight excluding hydrogens is 290 g/mol. The van der Waals surface area contributed by atoms with E-state index in [0.717, 1.165) is 37.1 Å². The van der Waals surface area contributed by atoms with E-state index < -0.39 is 0 Å². The molecule has 1 N–H and O–H groups in total. The van der Waals surface area contributed by atoms with Gasteiger partial charge in [-0.15, -0.1) is 6.58 Å². The summed E-state index contributed by atoms with van der Waals surface area (Å²) < 4.78 is 5.34. The van der Waals surface area contributed by atoms with Crippen molar-refractivity contribution in [3.8, 4) is 5.75 Å². The molecule has 0 aliphatic carbocycles. The fourth-order valence-corrected chi connectivity index (χ4v) is 3.32. The maximum Gasteiger partial charge on any atom is 0.253 e. The monoisotopic (exact) mass is 317 g/mol. The summed E-state index contributed by atoms with van der Waals surface area (Å²) in [5.41, 5.74) is 1.49. The van der Waals surface area contributed by atoms with Gasteiger partial charge in [-0.3, -0.25) is 4.79 Å². The molecule has 0 radical (unpaired) electrons. The third kappa shape index (κ3) is 3.75. The smallest absolute Gasteiger partial charge is 0.253 e. The van der Waals surface area contributed by atoms with E-state index in [1.807, 2.05) is 23.1 Å². The first-order chi connectivity index (χ1) is 11.1. The van der Waals surface area contributed by atoms with Crippen LogP contribution >= 0.6 is 0 Å². The van der Waals surface area contributed by atoms with Gasteiger partial charge >= 0.3 is 0 Å². The van der Waals surface area contributed by atoms with Crippen LogP contribution in [0.1, 0.15) is 42.1 Å². The van der Waals surface area contributed by atoms with Gasteiger partial charge in [0, 0.05) is 24.1 Å². The van der Waals surface area contributed by atoms with Gasteiger partial charge in [0.25, 0.3) is 5.91 Å². The van der Waals surface area contributed by atoms with Crippen molar-refractivity contribution in [2.24, 2.45) is 5.41 Å². The number of allylic oxidation sites excluding steroid dienone is 1. The Labute approximate surface area is 138 Å². The van der Waals surface area contributed by atoms with E-state index in [9.17, 15) is 9.90 Å². The van der Waals surface area contributed by atoms with Crippen LogP contribution in [-0.4, -0.2) is 42.7 Å².